The SMILES string of the molecule is CNCC/C=C\CC1CCS(=O)(=O)CC1. The Kier molecular flexibility index (Phi) is 5.32. The topological polar surface area (TPSA) is 46.2 Å². The van der Waals surface area contributed by atoms with Crippen LogP contribution < -0.4 is 5.32 Å². The van der Waals surface area contributed by atoms with E-state index in [2.05, 4.69) is 17.5 Å². The maximum absolute atomic E-state index is 11.2. The summed E-state index contributed by atoms with van der Waals surface area (Å²) in [6.45, 7) is 1.01. The monoisotopic (exact) mass is 231 g/mol. The number of hydrogen-bond acceptors (Lipinski definition) is 3. The Morgan fingerprint density at radius 3 is 2.53 bits per heavy atom. The Morgan fingerprint density at radius 1 is 1.27 bits per heavy atom. The molecule has 0 bridgehead atoms. The van der Waals surface area contributed by atoms with Crippen LogP contribution in [0, 0.1) is 5.92 Å². The Morgan fingerprint density at radius 2 is 1.93 bits per heavy atom. The predicted molar refractivity (Wildman–Crippen MR) is 63.7 cm³/mol. The summed E-state index contributed by atoms with van der Waals surface area (Å²) >= 11 is 0. The molecule has 1 fully saturated rings. The van der Waals surface area contributed by atoms with Crippen LogP contribution in [0.4, 0.5) is 0 Å². The van der Waals surface area contributed by atoms with Crippen molar-refractivity contribution in [3.8, 4) is 0 Å². The fourth-order valence-corrected chi connectivity index (χ4v) is 3.40. The van der Waals surface area contributed by atoms with Crippen molar-refractivity contribution in [2.75, 3.05) is 25.1 Å². The molecule has 1 aliphatic heterocycles. The average Bonchev–Trinajstić information content (AvgIpc) is 2.20. The molecule has 1 N–H and O–H groups in total. The standard InChI is InChI=1S/C11H21NO2S/c1-12-8-4-2-3-5-11-6-9-15(13,14)10-7-11/h2-3,11-12H,4-10H2,1H3/b3-2-. The van der Waals surface area contributed by atoms with Crippen LogP contribution in [0.2, 0.25) is 0 Å². The van der Waals surface area contributed by atoms with Gasteiger partial charge in [0, 0.05) is 0 Å². The highest BCUT2D eigenvalue weighted by Crippen LogP contribution is 2.22. The summed E-state index contributed by atoms with van der Waals surface area (Å²) in [5.41, 5.74) is 0. The lowest BCUT2D eigenvalue weighted by molar-refractivity contribution is 0.469. The van der Waals surface area contributed by atoms with Crippen LogP contribution in [0.3, 0.4) is 0 Å². The molecular weight excluding hydrogens is 210 g/mol. The van der Waals surface area contributed by atoms with Crippen LogP contribution in [0.15, 0.2) is 12.2 Å². The Bertz CT molecular complexity index is 282. The third kappa shape index (κ3) is 5.33. The van der Waals surface area contributed by atoms with Gasteiger partial charge in [-0.2, -0.15) is 0 Å². The normalized spacial score (nSPS) is 22.2. The zero-order chi connectivity index (χ0) is 11.1. The van der Waals surface area contributed by atoms with E-state index in [1.165, 1.54) is 0 Å². The summed E-state index contributed by atoms with van der Waals surface area (Å²) in [5, 5.41) is 3.09. The third-order valence-electron chi connectivity index (χ3n) is 2.87. The molecule has 0 aromatic rings. The first-order chi connectivity index (χ1) is 7.14. The zero-order valence-electron chi connectivity index (χ0n) is 9.41. The molecule has 15 heavy (non-hydrogen) atoms. The predicted octanol–water partition coefficient (Wildman–Crippen LogP) is 1.37. The molecule has 88 valence electrons. The number of nitrogens with one attached hydrogen (secondary N) is 1. The van der Waals surface area contributed by atoms with Crippen molar-refractivity contribution in [2.45, 2.75) is 25.7 Å². The minimum Gasteiger partial charge on any atom is -0.319 e. The largest absolute Gasteiger partial charge is 0.319 e. The van der Waals surface area contributed by atoms with Gasteiger partial charge in [0.2, 0.25) is 0 Å². The summed E-state index contributed by atoms with van der Waals surface area (Å²) in [6, 6.07) is 0. The number of sulfone groups is 1. The van der Waals surface area contributed by atoms with Gasteiger partial charge in [0.25, 0.3) is 0 Å². The van der Waals surface area contributed by atoms with E-state index >= 15 is 0 Å². The van der Waals surface area contributed by atoms with Crippen LogP contribution in [-0.2, 0) is 9.84 Å². The summed E-state index contributed by atoms with van der Waals surface area (Å²) in [4.78, 5) is 0. The van der Waals surface area contributed by atoms with Gasteiger partial charge in [-0.15, -0.1) is 0 Å². The highest BCUT2D eigenvalue weighted by Gasteiger charge is 2.22. The summed E-state index contributed by atoms with van der Waals surface area (Å²) in [5.74, 6) is 1.36. The minimum absolute atomic E-state index is 0.391. The highest BCUT2D eigenvalue weighted by atomic mass is 32.2. The van der Waals surface area contributed by atoms with Crippen LogP contribution in [0.5, 0.6) is 0 Å². The van der Waals surface area contributed by atoms with Gasteiger partial charge in [0.15, 0.2) is 0 Å². The molecular formula is C11H21NO2S. The van der Waals surface area contributed by atoms with Gasteiger partial charge in [0.1, 0.15) is 9.84 Å². The molecule has 3 nitrogen and oxygen atoms in total. The Labute approximate surface area is 92.9 Å². The van der Waals surface area contributed by atoms with Crippen molar-refractivity contribution in [2.24, 2.45) is 5.92 Å². The fraction of sp³-hybridized carbons (Fsp3) is 0.818. The van der Waals surface area contributed by atoms with Crippen molar-refractivity contribution in [1.29, 1.82) is 0 Å². The summed E-state index contributed by atoms with van der Waals surface area (Å²) in [7, 11) is -0.745. The van der Waals surface area contributed by atoms with E-state index in [4.69, 9.17) is 0 Å². The first kappa shape index (κ1) is 12.7. The summed E-state index contributed by atoms with van der Waals surface area (Å²) < 4.78 is 22.4. The molecule has 4 heteroatoms. The molecule has 0 aromatic carbocycles. The number of allylic oxidation sites excluding steroid dienone is 1. The van der Waals surface area contributed by atoms with Crippen molar-refractivity contribution in [1.82, 2.24) is 5.32 Å². The Hall–Kier alpha value is -0.350. The molecule has 0 atom stereocenters. The smallest absolute Gasteiger partial charge is 0.150 e. The summed E-state index contributed by atoms with van der Waals surface area (Å²) in [6.07, 6.45) is 8.16. The second-order valence-corrected chi connectivity index (χ2v) is 6.50. The lowest BCUT2D eigenvalue weighted by Gasteiger charge is -2.20. The minimum atomic E-state index is -2.69. The second kappa shape index (κ2) is 6.28. The first-order valence-electron chi connectivity index (χ1n) is 5.64. The van der Waals surface area contributed by atoms with E-state index in [0.29, 0.717) is 17.4 Å². The number of rotatable bonds is 5. The van der Waals surface area contributed by atoms with Gasteiger partial charge in [-0.05, 0) is 45.2 Å². The lowest BCUT2D eigenvalue weighted by atomic mass is 9.98. The molecule has 0 spiro atoms. The van der Waals surface area contributed by atoms with Gasteiger partial charge < -0.3 is 5.32 Å². The molecule has 1 aliphatic rings. The van der Waals surface area contributed by atoms with E-state index in [9.17, 15) is 8.42 Å². The fourth-order valence-electron chi connectivity index (χ4n) is 1.81. The highest BCUT2D eigenvalue weighted by molar-refractivity contribution is 7.91. The van der Waals surface area contributed by atoms with E-state index in [0.717, 1.165) is 32.2 Å². The molecule has 0 radical (unpaired) electrons. The lowest BCUT2D eigenvalue weighted by Crippen LogP contribution is -2.22. The van der Waals surface area contributed by atoms with Crippen LogP contribution >= 0.6 is 0 Å². The molecule has 0 aliphatic carbocycles. The molecule has 1 heterocycles. The molecule has 0 unspecified atom stereocenters. The molecule has 1 rings (SSSR count). The van der Waals surface area contributed by atoms with Gasteiger partial charge in [-0.25, -0.2) is 8.42 Å². The van der Waals surface area contributed by atoms with Crippen molar-refractivity contribution in [3.05, 3.63) is 12.2 Å². The van der Waals surface area contributed by atoms with E-state index in [1.54, 1.807) is 0 Å². The van der Waals surface area contributed by atoms with E-state index in [-0.39, 0.29) is 0 Å². The van der Waals surface area contributed by atoms with Gasteiger partial charge in [0.05, 0.1) is 11.5 Å². The van der Waals surface area contributed by atoms with Gasteiger partial charge in [-0.3, -0.25) is 0 Å². The van der Waals surface area contributed by atoms with Crippen LogP contribution in [-0.4, -0.2) is 33.5 Å². The molecule has 0 amide bonds. The zero-order valence-corrected chi connectivity index (χ0v) is 10.2. The first-order valence-corrected chi connectivity index (χ1v) is 7.46. The maximum atomic E-state index is 11.2. The van der Waals surface area contributed by atoms with Crippen molar-refractivity contribution in [3.63, 3.8) is 0 Å². The molecule has 0 aromatic heterocycles. The molecule has 1 saturated heterocycles. The van der Waals surface area contributed by atoms with Crippen molar-refractivity contribution < 1.29 is 8.42 Å². The Balaban J connectivity index is 2.16. The number of hydrogen-bond donors (Lipinski definition) is 1. The molecule has 0 saturated carbocycles. The van der Waals surface area contributed by atoms with Crippen LogP contribution in [0.1, 0.15) is 25.7 Å². The average molecular weight is 231 g/mol. The maximum Gasteiger partial charge on any atom is 0.150 e. The van der Waals surface area contributed by atoms with E-state index in [1.807, 2.05) is 7.05 Å². The second-order valence-electron chi connectivity index (χ2n) is 4.19. The third-order valence-corrected chi connectivity index (χ3v) is 4.59. The van der Waals surface area contributed by atoms with Crippen LogP contribution in [0.25, 0.3) is 0 Å². The van der Waals surface area contributed by atoms with Gasteiger partial charge >= 0.3 is 0 Å². The van der Waals surface area contributed by atoms with Crippen molar-refractivity contribution >= 4 is 9.84 Å². The quantitative estimate of drug-likeness (QED) is 0.574. The van der Waals surface area contributed by atoms with E-state index < -0.39 is 9.84 Å². The van der Waals surface area contributed by atoms with Gasteiger partial charge in [-0.1, -0.05) is 12.2 Å².